The van der Waals surface area contributed by atoms with Gasteiger partial charge in [-0.05, 0) is 27.2 Å². The van der Waals surface area contributed by atoms with Crippen LogP contribution in [-0.2, 0) is 0 Å². The van der Waals surface area contributed by atoms with Crippen LogP contribution in [0.5, 0.6) is 0 Å². The van der Waals surface area contributed by atoms with Gasteiger partial charge in [0.1, 0.15) is 4.60 Å². The van der Waals surface area contributed by atoms with Gasteiger partial charge in [0.05, 0.1) is 8.07 Å². The van der Waals surface area contributed by atoms with Crippen molar-refractivity contribution < 1.29 is 8.78 Å². The molecule has 0 N–H and O–H groups in total. The summed E-state index contributed by atoms with van der Waals surface area (Å²) in [5.41, 5.74) is 0. The molecule has 0 aromatic carbocycles. The highest BCUT2D eigenvalue weighted by Gasteiger charge is 2.24. The highest BCUT2D eigenvalue weighted by atomic mass is 79.9. The molecule has 0 atom stereocenters. The average Bonchev–Trinajstić information content (AvgIpc) is 1.94. The number of hydrogen-bond donors (Lipinski definition) is 0. The Balaban J connectivity index is 3.37. The van der Waals surface area contributed by atoms with Crippen molar-refractivity contribution in [1.82, 2.24) is 4.98 Å². The summed E-state index contributed by atoms with van der Waals surface area (Å²) in [7, 11) is -1.83. The molecule has 0 aliphatic heterocycles. The SMILES string of the molecule is C[Si](C)(C)c1cc(Br)nc(F)c1F. The van der Waals surface area contributed by atoms with Gasteiger partial charge in [0, 0.05) is 0 Å². The normalized spacial score (nSPS) is 11.8. The van der Waals surface area contributed by atoms with Gasteiger partial charge in [-0.2, -0.15) is 4.39 Å². The summed E-state index contributed by atoms with van der Waals surface area (Å²) < 4.78 is 26.5. The van der Waals surface area contributed by atoms with Crippen molar-refractivity contribution in [3.8, 4) is 0 Å². The summed E-state index contributed by atoms with van der Waals surface area (Å²) in [4.78, 5) is 3.34. The minimum atomic E-state index is -1.83. The van der Waals surface area contributed by atoms with E-state index in [-0.39, 0.29) is 0 Å². The predicted molar refractivity (Wildman–Crippen MR) is 54.8 cm³/mol. The summed E-state index contributed by atoms with van der Waals surface area (Å²) in [6.45, 7) is 5.87. The van der Waals surface area contributed by atoms with Crippen LogP contribution in [0.1, 0.15) is 0 Å². The van der Waals surface area contributed by atoms with Crippen molar-refractivity contribution in [2.24, 2.45) is 0 Å². The Morgan fingerprint density at radius 1 is 1.31 bits per heavy atom. The summed E-state index contributed by atoms with van der Waals surface area (Å²) in [5.74, 6) is -1.82. The van der Waals surface area contributed by atoms with E-state index in [0.717, 1.165) is 0 Å². The van der Waals surface area contributed by atoms with Gasteiger partial charge in [-0.1, -0.05) is 19.6 Å². The lowest BCUT2D eigenvalue weighted by Gasteiger charge is -2.17. The minimum absolute atomic E-state index is 0.351. The van der Waals surface area contributed by atoms with E-state index in [1.165, 1.54) is 0 Å². The minimum Gasteiger partial charge on any atom is -0.210 e. The van der Waals surface area contributed by atoms with Crippen molar-refractivity contribution in [3.05, 3.63) is 22.4 Å². The van der Waals surface area contributed by atoms with Crippen molar-refractivity contribution in [2.45, 2.75) is 19.6 Å². The first kappa shape index (κ1) is 10.8. The summed E-state index contributed by atoms with van der Waals surface area (Å²) in [6, 6.07) is 1.56. The number of hydrogen-bond acceptors (Lipinski definition) is 1. The second-order valence-electron chi connectivity index (χ2n) is 3.85. The molecule has 5 heteroatoms. The third-order valence-electron chi connectivity index (χ3n) is 1.69. The van der Waals surface area contributed by atoms with E-state index < -0.39 is 19.8 Å². The monoisotopic (exact) mass is 265 g/mol. The Morgan fingerprint density at radius 3 is 2.31 bits per heavy atom. The number of aromatic nitrogens is 1. The van der Waals surface area contributed by atoms with Gasteiger partial charge in [0.15, 0.2) is 5.82 Å². The third kappa shape index (κ3) is 2.34. The molecule has 13 heavy (non-hydrogen) atoms. The first-order chi connectivity index (χ1) is 5.82. The van der Waals surface area contributed by atoms with Gasteiger partial charge in [-0.25, -0.2) is 9.37 Å². The maximum absolute atomic E-state index is 13.3. The fourth-order valence-corrected chi connectivity index (χ4v) is 2.94. The van der Waals surface area contributed by atoms with Crippen LogP contribution in [0.3, 0.4) is 0 Å². The molecule has 0 aliphatic rings. The van der Waals surface area contributed by atoms with Crippen LogP contribution in [0.25, 0.3) is 0 Å². The Morgan fingerprint density at radius 2 is 1.85 bits per heavy atom. The third-order valence-corrected chi connectivity index (χ3v) is 4.08. The van der Waals surface area contributed by atoms with E-state index in [2.05, 4.69) is 20.9 Å². The fraction of sp³-hybridized carbons (Fsp3) is 0.375. The van der Waals surface area contributed by atoms with Crippen LogP contribution in [0.2, 0.25) is 19.6 Å². The summed E-state index contributed by atoms with van der Waals surface area (Å²) >= 11 is 3.04. The van der Waals surface area contributed by atoms with Crippen molar-refractivity contribution in [1.29, 1.82) is 0 Å². The molecule has 1 rings (SSSR count). The number of halogens is 3. The Kier molecular flexibility index (Phi) is 2.87. The molecule has 72 valence electrons. The van der Waals surface area contributed by atoms with Crippen LogP contribution < -0.4 is 5.19 Å². The molecular weight excluding hydrogens is 256 g/mol. The first-order valence-electron chi connectivity index (χ1n) is 3.84. The van der Waals surface area contributed by atoms with Crippen LogP contribution in [-0.4, -0.2) is 13.1 Å². The topological polar surface area (TPSA) is 12.9 Å². The van der Waals surface area contributed by atoms with E-state index in [9.17, 15) is 8.78 Å². The number of rotatable bonds is 1. The lowest BCUT2D eigenvalue weighted by Crippen LogP contribution is -2.41. The summed E-state index contributed by atoms with van der Waals surface area (Å²) in [6.07, 6.45) is 0. The van der Waals surface area contributed by atoms with Crippen molar-refractivity contribution in [3.63, 3.8) is 0 Å². The van der Waals surface area contributed by atoms with Gasteiger partial charge in [-0.3, -0.25) is 0 Å². The lowest BCUT2D eigenvalue weighted by atomic mass is 10.5. The zero-order chi connectivity index (χ0) is 10.2. The smallest absolute Gasteiger partial charge is 0.210 e. The zero-order valence-corrected chi connectivity index (χ0v) is 10.2. The lowest BCUT2D eigenvalue weighted by molar-refractivity contribution is 0.482. The molecule has 0 radical (unpaired) electrons. The molecule has 1 nitrogen and oxygen atoms in total. The first-order valence-corrected chi connectivity index (χ1v) is 8.13. The van der Waals surface area contributed by atoms with E-state index in [1.807, 2.05) is 19.6 Å². The van der Waals surface area contributed by atoms with Gasteiger partial charge in [-0.15, -0.1) is 0 Å². The molecule has 1 aromatic rings. The molecule has 0 unspecified atom stereocenters. The highest BCUT2D eigenvalue weighted by molar-refractivity contribution is 9.10. The zero-order valence-electron chi connectivity index (χ0n) is 7.66. The second kappa shape index (κ2) is 3.46. The quantitative estimate of drug-likeness (QED) is 0.562. The second-order valence-corrected chi connectivity index (χ2v) is 9.70. The van der Waals surface area contributed by atoms with Gasteiger partial charge >= 0.3 is 0 Å². The maximum Gasteiger partial charge on any atom is 0.249 e. The van der Waals surface area contributed by atoms with Gasteiger partial charge in [0.25, 0.3) is 0 Å². The molecule has 0 fully saturated rings. The van der Waals surface area contributed by atoms with Crippen LogP contribution >= 0.6 is 15.9 Å². The fourth-order valence-electron chi connectivity index (χ4n) is 1.01. The van der Waals surface area contributed by atoms with E-state index in [1.54, 1.807) is 6.07 Å². The molecule has 0 amide bonds. The molecule has 0 saturated carbocycles. The molecule has 0 aliphatic carbocycles. The Bertz CT molecular complexity index is 336. The van der Waals surface area contributed by atoms with Crippen molar-refractivity contribution >= 4 is 29.2 Å². The molecule has 0 spiro atoms. The van der Waals surface area contributed by atoms with Crippen molar-refractivity contribution in [2.75, 3.05) is 0 Å². The van der Waals surface area contributed by atoms with Crippen LogP contribution in [0.15, 0.2) is 10.7 Å². The van der Waals surface area contributed by atoms with E-state index in [4.69, 9.17) is 0 Å². The summed E-state index contributed by atoms with van der Waals surface area (Å²) in [5, 5.41) is 0.465. The molecule has 1 aromatic heterocycles. The highest BCUT2D eigenvalue weighted by Crippen LogP contribution is 2.12. The number of nitrogens with zero attached hydrogens (tertiary/aromatic N) is 1. The molecule has 1 heterocycles. The molecule has 0 bridgehead atoms. The largest absolute Gasteiger partial charge is 0.249 e. The average molecular weight is 266 g/mol. The van der Waals surface area contributed by atoms with Gasteiger partial charge < -0.3 is 0 Å². The van der Waals surface area contributed by atoms with E-state index in [0.29, 0.717) is 9.79 Å². The Hall–Kier alpha value is -0.293. The molecular formula is C8H10BrF2NSi. The maximum atomic E-state index is 13.3. The molecule has 0 saturated heterocycles. The van der Waals surface area contributed by atoms with Crippen LogP contribution in [0.4, 0.5) is 8.78 Å². The van der Waals surface area contributed by atoms with Gasteiger partial charge in [0.2, 0.25) is 5.95 Å². The van der Waals surface area contributed by atoms with E-state index >= 15 is 0 Å². The Labute approximate surface area is 85.3 Å². The van der Waals surface area contributed by atoms with Crippen LogP contribution in [0, 0.1) is 11.8 Å². The predicted octanol–water partition coefficient (Wildman–Crippen LogP) is 2.67. The number of pyridine rings is 1. The standard InChI is InChI=1S/C8H10BrF2NSi/c1-13(2,3)5-4-6(9)12-8(11)7(5)10/h4H,1-3H3.